The summed E-state index contributed by atoms with van der Waals surface area (Å²) in [6, 6.07) is 11.2. The third-order valence-electron chi connectivity index (χ3n) is 3.61. The number of aromatic nitrogens is 3. The molecule has 1 atom stereocenters. The van der Waals surface area contributed by atoms with Gasteiger partial charge in [0.2, 0.25) is 0 Å². The van der Waals surface area contributed by atoms with Gasteiger partial charge in [-0.15, -0.1) is 10.2 Å². The summed E-state index contributed by atoms with van der Waals surface area (Å²) in [5.74, 6) is 0.0898. The standard InChI is InChI=1S/C16H16N4O3S/c1-11(15-19-18-14-9-5-6-10-20(14)15)17-16(21)12-7-3-4-8-13(12)24(2,22)23/h3-11H,1-2H3,(H,17,21). The molecule has 0 spiro atoms. The number of nitrogens with zero attached hydrogens (tertiary/aromatic N) is 3. The molecule has 0 saturated heterocycles. The minimum atomic E-state index is -3.50. The molecule has 0 bridgehead atoms. The van der Waals surface area contributed by atoms with E-state index in [1.165, 1.54) is 12.1 Å². The van der Waals surface area contributed by atoms with Gasteiger partial charge in [-0.1, -0.05) is 18.2 Å². The normalized spacial score (nSPS) is 12.9. The van der Waals surface area contributed by atoms with E-state index in [4.69, 9.17) is 0 Å². The molecule has 1 amide bonds. The summed E-state index contributed by atoms with van der Waals surface area (Å²) in [4.78, 5) is 12.5. The number of nitrogens with one attached hydrogen (secondary N) is 1. The molecule has 0 fully saturated rings. The van der Waals surface area contributed by atoms with Gasteiger partial charge in [0, 0.05) is 12.5 Å². The second-order valence-corrected chi connectivity index (χ2v) is 7.43. The summed E-state index contributed by atoms with van der Waals surface area (Å²) in [6.45, 7) is 1.77. The Morgan fingerprint density at radius 2 is 1.83 bits per heavy atom. The smallest absolute Gasteiger partial charge is 0.253 e. The van der Waals surface area contributed by atoms with Crippen molar-refractivity contribution in [1.82, 2.24) is 19.9 Å². The van der Waals surface area contributed by atoms with E-state index >= 15 is 0 Å². The van der Waals surface area contributed by atoms with Gasteiger partial charge in [0.05, 0.1) is 16.5 Å². The van der Waals surface area contributed by atoms with Gasteiger partial charge in [0.1, 0.15) is 0 Å². The summed E-state index contributed by atoms with van der Waals surface area (Å²) in [5, 5.41) is 10.9. The van der Waals surface area contributed by atoms with Crippen molar-refractivity contribution in [2.24, 2.45) is 0 Å². The number of benzene rings is 1. The van der Waals surface area contributed by atoms with Crippen molar-refractivity contribution in [3.63, 3.8) is 0 Å². The lowest BCUT2D eigenvalue weighted by atomic mass is 10.2. The molecule has 8 heteroatoms. The molecule has 1 unspecified atom stereocenters. The van der Waals surface area contributed by atoms with Crippen molar-refractivity contribution in [2.45, 2.75) is 17.9 Å². The lowest BCUT2D eigenvalue weighted by Crippen LogP contribution is -2.29. The fourth-order valence-electron chi connectivity index (χ4n) is 2.47. The maximum atomic E-state index is 12.5. The van der Waals surface area contributed by atoms with Crippen molar-refractivity contribution in [1.29, 1.82) is 0 Å². The summed E-state index contributed by atoms with van der Waals surface area (Å²) in [7, 11) is -3.50. The van der Waals surface area contributed by atoms with E-state index in [0.717, 1.165) is 6.26 Å². The Morgan fingerprint density at radius 1 is 1.12 bits per heavy atom. The summed E-state index contributed by atoms with van der Waals surface area (Å²) in [5.41, 5.74) is 0.783. The number of carbonyl (C=O) groups is 1. The monoisotopic (exact) mass is 344 g/mol. The van der Waals surface area contributed by atoms with Gasteiger partial charge in [-0.2, -0.15) is 0 Å². The summed E-state index contributed by atoms with van der Waals surface area (Å²) >= 11 is 0. The second-order valence-electron chi connectivity index (χ2n) is 5.45. The highest BCUT2D eigenvalue weighted by atomic mass is 32.2. The van der Waals surface area contributed by atoms with Gasteiger partial charge in [-0.25, -0.2) is 8.42 Å². The molecule has 1 N–H and O–H groups in total. The zero-order chi connectivity index (χ0) is 17.3. The molecule has 7 nitrogen and oxygen atoms in total. The predicted molar refractivity (Wildman–Crippen MR) is 88.4 cm³/mol. The number of carbonyl (C=O) groups excluding carboxylic acids is 1. The van der Waals surface area contributed by atoms with Crippen molar-refractivity contribution in [3.05, 3.63) is 60.0 Å². The third-order valence-corrected chi connectivity index (χ3v) is 4.76. The van der Waals surface area contributed by atoms with Crippen molar-refractivity contribution >= 4 is 21.4 Å². The van der Waals surface area contributed by atoms with E-state index < -0.39 is 21.8 Å². The maximum Gasteiger partial charge on any atom is 0.253 e. The average molecular weight is 344 g/mol. The molecule has 124 valence electrons. The van der Waals surface area contributed by atoms with Crippen LogP contribution in [0.15, 0.2) is 53.6 Å². The lowest BCUT2D eigenvalue weighted by molar-refractivity contribution is 0.0934. The van der Waals surface area contributed by atoms with Crippen LogP contribution >= 0.6 is 0 Å². The zero-order valence-corrected chi connectivity index (χ0v) is 14.0. The Balaban J connectivity index is 1.91. The first-order chi connectivity index (χ1) is 11.4. The Kier molecular flexibility index (Phi) is 4.06. The molecule has 0 aliphatic heterocycles. The molecular weight excluding hydrogens is 328 g/mol. The molecule has 3 aromatic rings. The molecule has 0 saturated carbocycles. The van der Waals surface area contributed by atoms with Crippen molar-refractivity contribution in [3.8, 4) is 0 Å². The summed E-state index contributed by atoms with van der Waals surface area (Å²) < 4.78 is 25.5. The van der Waals surface area contributed by atoms with Crippen LogP contribution in [0.3, 0.4) is 0 Å². The molecule has 24 heavy (non-hydrogen) atoms. The van der Waals surface area contributed by atoms with Gasteiger partial charge < -0.3 is 5.32 Å². The molecule has 1 aromatic carbocycles. The van der Waals surface area contributed by atoms with Crippen LogP contribution in [0.25, 0.3) is 5.65 Å². The minimum absolute atomic E-state index is 0.000742. The van der Waals surface area contributed by atoms with Gasteiger partial charge in [-0.3, -0.25) is 9.20 Å². The topological polar surface area (TPSA) is 93.4 Å². The molecule has 0 aliphatic carbocycles. The van der Waals surface area contributed by atoms with Crippen molar-refractivity contribution in [2.75, 3.05) is 6.26 Å². The van der Waals surface area contributed by atoms with Crippen LogP contribution in [0.1, 0.15) is 29.1 Å². The van der Waals surface area contributed by atoms with Gasteiger partial charge in [0.15, 0.2) is 21.3 Å². The lowest BCUT2D eigenvalue weighted by Gasteiger charge is -2.14. The van der Waals surface area contributed by atoms with Crippen LogP contribution < -0.4 is 5.32 Å². The number of rotatable bonds is 4. The number of hydrogen-bond donors (Lipinski definition) is 1. The SMILES string of the molecule is CC(NC(=O)c1ccccc1S(C)(=O)=O)c1nnc2ccccn12. The highest BCUT2D eigenvalue weighted by Crippen LogP contribution is 2.17. The largest absolute Gasteiger partial charge is 0.342 e. The van der Waals surface area contributed by atoms with Crippen LogP contribution in [-0.4, -0.2) is 35.2 Å². The number of hydrogen-bond acceptors (Lipinski definition) is 5. The fourth-order valence-corrected chi connectivity index (χ4v) is 3.36. The average Bonchev–Trinajstić information content (AvgIpc) is 2.98. The van der Waals surface area contributed by atoms with E-state index in [1.54, 1.807) is 29.7 Å². The van der Waals surface area contributed by atoms with Crippen LogP contribution in [0.4, 0.5) is 0 Å². The third kappa shape index (κ3) is 3.00. The Labute approximate surface area is 139 Å². The first-order valence-electron chi connectivity index (χ1n) is 7.27. The maximum absolute atomic E-state index is 12.5. The van der Waals surface area contributed by atoms with Crippen LogP contribution in [0.5, 0.6) is 0 Å². The molecule has 2 heterocycles. The summed E-state index contributed by atoms with van der Waals surface area (Å²) in [6.07, 6.45) is 2.88. The van der Waals surface area contributed by atoms with E-state index in [1.807, 2.05) is 18.2 Å². The molecule has 0 aliphatic rings. The highest BCUT2D eigenvalue weighted by molar-refractivity contribution is 7.90. The Hall–Kier alpha value is -2.74. The molecule has 2 aromatic heterocycles. The van der Waals surface area contributed by atoms with E-state index in [2.05, 4.69) is 15.5 Å². The number of pyridine rings is 1. The number of sulfone groups is 1. The highest BCUT2D eigenvalue weighted by Gasteiger charge is 2.21. The van der Waals surface area contributed by atoms with Gasteiger partial charge in [0.25, 0.3) is 5.91 Å². The predicted octanol–water partition coefficient (Wildman–Crippen LogP) is 1.62. The van der Waals surface area contributed by atoms with E-state index in [-0.39, 0.29) is 10.5 Å². The molecule has 0 radical (unpaired) electrons. The van der Waals surface area contributed by atoms with E-state index in [0.29, 0.717) is 11.5 Å². The van der Waals surface area contributed by atoms with Gasteiger partial charge in [-0.05, 0) is 31.2 Å². The molecule has 3 rings (SSSR count). The quantitative estimate of drug-likeness (QED) is 0.776. The van der Waals surface area contributed by atoms with Crippen LogP contribution in [0.2, 0.25) is 0 Å². The fraction of sp³-hybridized carbons (Fsp3) is 0.188. The first-order valence-corrected chi connectivity index (χ1v) is 9.16. The first kappa shape index (κ1) is 16.1. The van der Waals surface area contributed by atoms with Gasteiger partial charge >= 0.3 is 0 Å². The van der Waals surface area contributed by atoms with Crippen molar-refractivity contribution < 1.29 is 13.2 Å². The van der Waals surface area contributed by atoms with Crippen LogP contribution in [-0.2, 0) is 9.84 Å². The van der Waals surface area contributed by atoms with Crippen LogP contribution in [0, 0.1) is 0 Å². The Bertz CT molecular complexity index is 1010. The second kappa shape index (κ2) is 6.04. The number of amides is 1. The minimum Gasteiger partial charge on any atom is -0.342 e. The number of fused-ring (bicyclic) bond motifs is 1. The van der Waals surface area contributed by atoms with E-state index in [9.17, 15) is 13.2 Å². The molecular formula is C16H16N4O3S. The Morgan fingerprint density at radius 3 is 2.58 bits per heavy atom. The zero-order valence-electron chi connectivity index (χ0n) is 13.2.